The first-order valence-electron chi connectivity index (χ1n) is 9.92. The largest absolute Gasteiger partial charge is 0.495 e. The molecule has 0 atom stereocenters. The monoisotopic (exact) mass is 513 g/mol. The molecule has 35 heavy (non-hydrogen) atoms. The van der Waals surface area contributed by atoms with Crippen LogP contribution in [0, 0.1) is 0 Å². The topological polar surface area (TPSA) is 139 Å². The van der Waals surface area contributed by atoms with Crippen molar-refractivity contribution in [2.24, 2.45) is 5.73 Å². The average molecular weight is 514 g/mol. The zero-order valence-corrected chi connectivity index (χ0v) is 19.8. The number of halogens is 2. The predicted molar refractivity (Wildman–Crippen MR) is 130 cm³/mol. The van der Waals surface area contributed by atoms with E-state index >= 15 is 0 Å². The van der Waals surface area contributed by atoms with E-state index in [0.717, 1.165) is 0 Å². The van der Waals surface area contributed by atoms with Gasteiger partial charge in [0, 0.05) is 35.8 Å². The quantitative estimate of drug-likeness (QED) is 0.377. The summed E-state index contributed by atoms with van der Waals surface area (Å²) in [6.45, 7) is 0. The van der Waals surface area contributed by atoms with Gasteiger partial charge in [-0.25, -0.2) is 14.8 Å². The number of carbonyl (C=O) groups excluding carboxylic acids is 2. The molecular weight excluding hydrogens is 497 g/mol. The van der Waals surface area contributed by atoms with E-state index in [0.29, 0.717) is 28.1 Å². The second kappa shape index (κ2) is 10.00. The molecule has 0 aliphatic rings. The van der Waals surface area contributed by atoms with Gasteiger partial charge >= 0.3 is 6.09 Å². The van der Waals surface area contributed by atoms with Crippen LogP contribution in [0.25, 0.3) is 22.2 Å². The maximum Gasteiger partial charge on any atom is 0.418 e. The van der Waals surface area contributed by atoms with Crippen molar-refractivity contribution < 1.29 is 23.8 Å². The first-order valence-corrected chi connectivity index (χ1v) is 10.7. The zero-order chi connectivity index (χ0) is 25.1. The van der Waals surface area contributed by atoms with Gasteiger partial charge in [0.05, 0.1) is 29.8 Å². The van der Waals surface area contributed by atoms with Gasteiger partial charge < -0.3 is 19.9 Å². The van der Waals surface area contributed by atoms with Crippen LogP contribution in [0.1, 0.15) is 10.4 Å². The summed E-state index contributed by atoms with van der Waals surface area (Å²) in [5, 5.41) is 2.97. The molecule has 4 rings (SSSR count). The number of carbonyl (C=O) groups is 2. The number of nitrogens with zero attached hydrogens (tertiary/aromatic N) is 3. The summed E-state index contributed by atoms with van der Waals surface area (Å²) in [6.07, 6.45) is 3.35. The Bertz CT molecular complexity index is 1420. The number of primary amides is 1. The summed E-state index contributed by atoms with van der Waals surface area (Å²) in [5.74, 6) is 0.369. The van der Waals surface area contributed by atoms with Crippen molar-refractivity contribution in [2.75, 3.05) is 19.5 Å². The third kappa shape index (κ3) is 4.75. The molecule has 12 heteroatoms. The average Bonchev–Trinajstić information content (AvgIpc) is 2.85. The number of hydrogen-bond donors (Lipinski definition) is 2. The van der Waals surface area contributed by atoms with E-state index in [2.05, 4.69) is 20.3 Å². The van der Waals surface area contributed by atoms with E-state index in [4.69, 9.17) is 43.1 Å². The summed E-state index contributed by atoms with van der Waals surface area (Å²) in [4.78, 5) is 36.3. The zero-order valence-electron chi connectivity index (χ0n) is 18.3. The molecule has 2 aromatic carbocycles. The molecule has 3 N–H and O–H groups in total. The normalized spacial score (nSPS) is 10.6. The molecule has 0 spiro atoms. The lowest BCUT2D eigenvalue weighted by Gasteiger charge is -2.16. The Kier molecular flexibility index (Phi) is 6.85. The second-order valence-electron chi connectivity index (χ2n) is 6.96. The van der Waals surface area contributed by atoms with Crippen molar-refractivity contribution in [1.82, 2.24) is 15.0 Å². The van der Waals surface area contributed by atoms with Crippen molar-refractivity contribution >= 4 is 52.1 Å². The Morgan fingerprint density at radius 2 is 1.54 bits per heavy atom. The van der Waals surface area contributed by atoms with Gasteiger partial charge in [0.2, 0.25) is 5.91 Å². The first kappa shape index (κ1) is 24.0. The van der Waals surface area contributed by atoms with Crippen molar-refractivity contribution in [3.63, 3.8) is 0 Å². The van der Waals surface area contributed by atoms with Crippen molar-refractivity contribution in [3.05, 3.63) is 64.5 Å². The Morgan fingerprint density at radius 3 is 2.11 bits per heavy atom. The number of nitrogens with two attached hydrogens (primary N) is 1. The molecule has 0 bridgehead atoms. The lowest BCUT2D eigenvalue weighted by Crippen LogP contribution is -2.18. The summed E-state index contributed by atoms with van der Waals surface area (Å²) >= 11 is 13.2. The minimum Gasteiger partial charge on any atom is -0.495 e. The smallest absolute Gasteiger partial charge is 0.418 e. The van der Waals surface area contributed by atoms with Crippen LogP contribution in [0.4, 0.5) is 10.6 Å². The number of aromatic nitrogens is 3. The van der Waals surface area contributed by atoms with E-state index in [1.54, 1.807) is 12.1 Å². The van der Waals surface area contributed by atoms with Crippen molar-refractivity contribution in [1.29, 1.82) is 0 Å². The fourth-order valence-electron chi connectivity index (χ4n) is 3.28. The van der Waals surface area contributed by atoms with E-state index in [9.17, 15) is 9.59 Å². The molecule has 0 saturated heterocycles. The number of benzene rings is 2. The lowest BCUT2D eigenvalue weighted by molar-refractivity contribution is 0.1000. The standard InChI is InChI=1S/C23H17Cl2N5O5/c1-33-14-9-15(34-2)19(25)17(18(14)24)12-4-5-13(21-20(12)27-7-8-28-21)35-23(32)30-16-6-3-11(10-29-16)22(26)31/h3-10H,1-2H3,(H2,26,31)(H,29,30,32). The van der Waals surface area contributed by atoms with E-state index in [-0.39, 0.29) is 32.7 Å². The Hall–Kier alpha value is -4.15. The van der Waals surface area contributed by atoms with Gasteiger partial charge in [0.1, 0.15) is 28.4 Å². The molecule has 178 valence electrons. The van der Waals surface area contributed by atoms with Crippen LogP contribution in [0.3, 0.4) is 0 Å². The Morgan fingerprint density at radius 1 is 0.886 bits per heavy atom. The molecule has 0 unspecified atom stereocenters. The van der Waals surface area contributed by atoms with Crippen LogP contribution in [0.2, 0.25) is 10.0 Å². The summed E-state index contributed by atoms with van der Waals surface area (Å²) < 4.78 is 16.2. The molecular formula is C23H17Cl2N5O5. The van der Waals surface area contributed by atoms with Gasteiger partial charge in [0.25, 0.3) is 0 Å². The number of ether oxygens (including phenoxy) is 3. The fourth-order valence-corrected chi connectivity index (χ4v) is 3.99. The lowest BCUT2D eigenvalue weighted by atomic mass is 10.0. The van der Waals surface area contributed by atoms with Crippen LogP contribution in [0.15, 0.2) is 48.9 Å². The fraction of sp³-hybridized carbons (Fsp3) is 0.0870. The summed E-state index contributed by atoms with van der Waals surface area (Å²) in [7, 11) is 2.95. The predicted octanol–water partition coefficient (Wildman–Crippen LogP) is 4.73. The number of pyridine rings is 1. The highest BCUT2D eigenvalue weighted by Gasteiger charge is 2.22. The molecule has 0 radical (unpaired) electrons. The van der Waals surface area contributed by atoms with Crippen LogP contribution in [-0.4, -0.2) is 41.2 Å². The van der Waals surface area contributed by atoms with Crippen molar-refractivity contribution in [2.45, 2.75) is 0 Å². The molecule has 2 aromatic heterocycles. The maximum atomic E-state index is 12.5. The molecule has 0 aliphatic carbocycles. The number of rotatable bonds is 6. The number of hydrogen-bond acceptors (Lipinski definition) is 8. The Balaban J connectivity index is 1.71. The van der Waals surface area contributed by atoms with Crippen LogP contribution >= 0.6 is 23.2 Å². The van der Waals surface area contributed by atoms with Gasteiger partial charge in [-0.2, -0.15) is 0 Å². The van der Waals surface area contributed by atoms with Gasteiger partial charge in [0.15, 0.2) is 5.75 Å². The van der Waals surface area contributed by atoms with Crippen LogP contribution < -0.4 is 25.3 Å². The van der Waals surface area contributed by atoms with Crippen LogP contribution in [-0.2, 0) is 0 Å². The van der Waals surface area contributed by atoms with E-state index in [1.807, 2.05) is 0 Å². The third-order valence-corrected chi connectivity index (χ3v) is 5.66. The molecule has 0 saturated carbocycles. The van der Waals surface area contributed by atoms with E-state index < -0.39 is 12.0 Å². The number of methoxy groups -OCH3 is 2. The number of nitrogens with one attached hydrogen (secondary N) is 1. The van der Waals surface area contributed by atoms with Gasteiger partial charge in [-0.1, -0.05) is 23.2 Å². The highest BCUT2D eigenvalue weighted by atomic mass is 35.5. The molecule has 0 fully saturated rings. The Labute approximate surface area is 209 Å². The maximum absolute atomic E-state index is 12.5. The van der Waals surface area contributed by atoms with Crippen molar-refractivity contribution in [3.8, 4) is 28.4 Å². The molecule has 2 amide bonds. The SMILES string of the molecule is COc1cc(OC)c(Cl)c(-c2ccc(OC(=O)Nc3ccc(C(N)=O)cn3)c3nccnc23)c1Cl. The van der Waals surface area contributed by atoms with E-state index in [1.165, 1.54) is 51.0 Å². The number of anilines is 1. The third-order valence-electron chi connectivity index (χ3n) is 4.91. The minimum absolute atomic E-state index is 0.130. The summed E-state index contributed by atoms with van der Waals surface area (Å²) in [6, 6.07) is 7.60. The van der Waals surface area contributed by atoms with Crippen LogP contribution in [0.5, 0.6) is 17.2 Å². The van der Waals surface area contributed by atoms with Gasteiger partial charge in [-0.15, -0.1) is 0 Å². The highest BCUT2D eigenvalue weighted by molar-refractivity contribution is 6.41. The first-order chi connectivity index (χ1) is 16.8. The molecule has 10 nitrogen and oxygen atoms in total. The molecule has 4 aromatic rings. The van der Waals surface area contributed by atoms with Gasteiger partial charge in [-0.3, -0.25) is 15.1 Å². The van der Waals surface area contributed by atoms with Gasteiger partial charge in [-0.05, 0) is 24.3 Å². The highest BCUT2D eigenvalue weighted by Crippen LogP contribution is 2.47. The number of fused-ring (bicyclic) bond motifs is 1. The minimum atomic E-state index is -0.830. The number of amides is 2. The second-order valence-corrected chi connectivity index (χ2v) is 7.72. The molecule has 2 heterocycles. The summed E-state index contributed by atoms with van der Waals surface area (Å²) in [5.41, 5.74) is 7.00. The molecule has 0 aliphatic heterocycles.